The number of amides is 1. The molecule has 1 amide bonds. The summed E-state index contributed by atoms with van der Waals surface area (Å²) in [6.07, 6.45) is 2.37. The number of hydrogen-bond acceptors (Lipinski definition) is 6. The molecule has 7 nitrogen and oxygen atoms in total. The van der Waals surface area contributed by atoms with Crippen molar-refractivity contribution in [3.8, 4) is 5.75 Å². The van der Waals surface area contributed by atoms with E-state index in [1.54, 1.807) is 29.2 Å². The molecule has 2 aliphatic heterocycles. The van der Waals surface area contributed by atoms with Gasteiger partial charge in [0.25, 0.3) is 0 Å². The Morgan fingerprint density at radius 3 is 2.54 bits per heavy atom. The predicted molar refractivity (Wildman–Crippen MR) is 94.8 cm³/mol. The number of carbonyl (C=O) groups excluding carboxylic acids is 1. The molecule has 0 aliphatic carbocycles. The number of hydrogen-bond donors (Lipinski definition) is 0. The van der Waals surface area contributed by atoms with Gasteiger partial charge in [0, 0.05) is 32.0 Å². The van der Waals surface area contributed by atoms with Crippen LogP contribution in [0, 0.1) is 0 Å². The molecule has 2 heterocycles. The zero-order valence-electron chi connectivity index (χ0n) is 15.0. The van der Waals surface area contributed by atoms with Gasteiger partial charge >= 0.3 is 6.09 Å². The van der Waals surface area contributed by atoms with Crippen molar-refractivity contribution < 1.29 is 27.2 Å². The summed E-state index contributed by atoms with van der Waals surface area (Å²) in [5, 5.41) is 0. The quantitative estimate of drug-likeness (QED) is 0.733. The fourth-order valence-electron chi connectivity index (χ4n) is 3.11. The second-order valence-electron chi connectivity index (χ2n) is 7.43. The van der Waals surface area contributed by atoms with Crippen LogP contribution in [0.15, 0.2) is 30.3 Å². The Bertz CT molecular complexity index is 746. The van der Waals surface area contributed by atoms with E-state index < -0.39 is 22.6 Å². The van der Waals surface area contributed by atoms with Crippen molar-refractivity contribution in [2.75, 3.05) is 13.1 Å². The molecule has 1 saturated heterocycles. The highest BCUT2D eigenvalue weighted by Gasteiger charge is 2.41. The lowest BCUT2D eigenvalue weighted by Crippen LogP contribution is -2.50. The summed E-state index contributed by atoms with van der Waals surface area (Å²) in [4.78, 5) is 13.9. The lowest BCUT2D eigenvalue weighted by Gasteiger charge is -2.42. The van der Waals surface area contributed by atoms with Gasteiger partial charge in [0.05, 0.1) is 5.56 Å². The fourth-order valence-corrected chi connectivity index (χ4v) is 3.39. The summed E-state index contributed by atoms with van der Waals surface area (Å²) in [5.41, 5.74) is -0.662. The van der Waals surface area contributed by atoms with E-state index in [1.807, 2.05) is 26.8 Å². The number of rotatable bonds is 2. The Morgan fingerprint density at radius 1 is 1.27 bits per heavy atom. The van der Waals surface area contributed by atoms with Gasteiger partial charge < -0.3 is 23.1 Å². The van der Waals surface area contributed by atoms with Gasteiger partial charge in [-0.1, -0.05) is 12.1 Å². The van der Waals surface area contributed by atoms with E-state index in [9.17, 15) is 13.6 Å². The molecule has 26 heavy (non-hydrogen) atoms. The molecule has 1 atom stereocenters. The van der Waals surface area contributed by atoms with Crippen LogP contribution in [-0.2, 0) is 20.3 Å². The van der Waals surface area contributed by atoms with Gasteiger partial charge in [-0.05, 0) is 32.9 Å². The average Bonchev–Trinajstić information content (AvgIpc) is 2.53. The summed E-state index contributed by atoms with van der Waals surface area (Å²) in [6.45, 7) is 6.37. The van der Waals surface area contributed by atoms with Crippen LogP contribution in [0.1, 0.15) is 39.2 Å². The summed E-state index contributed by atoms with van der Waals surface area (Å²) in [6, 6.07) is 7.13. The van der Waals surface area contributed by atoms with Crippen molar-refractivity contribution in [1.82, 2.24) is 4.90 Å². The highest BCUT2D eigenvalue weighted by Crippen LogP contribution is 2.41. The molecule has 0 bridgehead atoms. The third-order valence-corrected chi connectivity index (χ3v) is 4.59. The molecule has 8 heteroatoms. The number of piperidine rings is 1. The van der Waals surface area contributed by atoms with Crippen LogP contribution in [-0.4, -0.2) is 44.0 Å². The Morgan fingerprint density at radius 2 is 1.92 bits per heavy atom. The van der Waals surface area contributed by atoms with Gasteiger partial charge in [0.1, 0.15) is 34.1 Å². The molecule has 142 valence electrons. The molecule has 1 spiro atoms. The standard InChI is InChI=1S/C18H23NO6S/c1-17(2,3)24-16(20)19-10-8-18(9-11-19)12-15(25-26(21)22)13-6-4-5-7-14(13)23-18/h4-7,12H,8-11H2,1-3H3,(H,21,22)/p-1. The molecule has 3 rings (SSSR count). The van der Waals surface area contributed by atoms with Crippen molar-refractivity contribution in [2.24, 2.45) is 0 Å². The molecule has 1 aromatic carbocycles. The first kappa shape index (κ1) is 18.7. The van der Waals surface area contributed by atoms with Crippen molar-refractivity contribution >= 4 is 23.2 Å². The topological polar surface area (TPSA) is 88.1 Å². The summed E-state index contributed by atoms with van der Waals surface area (Å²) < 4.78 is 38.6. The van der Waals surface area contributed by atoms with Crippen LogP contribution < -0.4 is 4.74 Å². The maximum absolute atomic E-state index is 12.2. The van der Waals surface area contributed by atoms with Crippen molar-refractivity contribution in [3.63, 3.8) is 0 Å². The smallest absolute Gasteiger partial charge is 0.410 e. The number of nitrogens with zero attached hydrogens (tertiary/aromatic N) is 1. The minimum absolute atomic E-state index is 0.255. The molecule has 0 saturated carbocycles. The second-order valence-corrected chi connectivity index (χ2v) is 8.00. The Kier molecular flexibility index (Phi) is 4.98. The van der Waals surface area contributed by atoms with Crippen LogP contribution in [0.25, 0.3) is 5.76 Å². The Labute approximate surface area is 155 Å². The Balaban J connectivity index is 1.77. The number of carbonyl (C=O) groups is 1. The highest BCUT2D eigenvalue weighted by molar-refractivity contribution is 7.74. The van der Waals surface area contributed by atoms with Crippen molar-refractivity contribution in [2.45, 2.75) is 44.8 Å². The molecule has 1 fully saturated rings. The monoisotopic (exact) mass is 380 g/mol. The number of likely N-dealkylation sites (tertiary alicyclic amines) is 1. The van der Waals surface area contributed by atoms with Gasteiger partial charge in [0.2, 0.25) is 0 Å². The van der Waals surface area contributed by atoms with Gasteiger partial charge in [-0.3, -0.25) is 0 Å². The number of ether oxygens (including phenoxy) is 2. The first-order valence-electron chi connectivity index (χ1n) is 8.44. The van der Waals surface area contributed by atoms with E-state index in [4.69, 9.17) is 13.7 Å². The molecule has 0 N–H and O–H groups in total. The maximum Gasteiger partial charge on any atom is 0.410 e. The van der Waals surface area contributed by atoms with Crippen LogP contribution in [0.2, 0.25) is 0 Å². The number of para-hydroxylation sites is 1. The molecule has 1 aromatic rings. The fraction of sp³-hybridized carbons (Fsp3) is 0.500. The Hall–Kier alpha value is -2.06. The van der Waals surface area contributed by atoms with Crippen molar-refractivity contribution in [1.29, 1.82) is 0 Å². The van der Waals surface area contributed by atoms with Crippen LogP contribution in [0.3, 0.4) is 0 Å². The van der Waals surface area contributed by atoms with E-state index in [-0.39, 0.29) is 11.9 Å². The summed E-state index contributed by atoms with van der Waals surface area (Å²) in [5.74, 6) is 0.826. The van der Waals surface area contributed by atoms with Crippen LogP contribution in [0.4, 0.5) is 4.79 Å². The first-order chi connectivity index (χ1) is 12.2. The third kappa shape index (κ3) is 4.19. The molecule has 1 unspecified atom stereocenters. The second kappa shape index (κ2) is 6.92. The lowest BCUT2D eigenvalue weighted by molar-refractivity contribution is -0.00160. The predicted octanol–water partition coefficient (Wildman–Crippen LogP) is 3.00. The minimum atomic E-state index is -2.68. The van der Waals surface area contributed by atoms with Crippen LogP contribution in [0.5, 0.6) is 5.75 Å². The summed E-state index contributed by atoms with van der Waals surface area (Å²) in [7, 11) is 0. The number of benzene rings is 1. The normalized spacial score (nSPS) is 19.8. The SMILES string of the molecule is CC(C)(C)OC(=O)N1CCC2(C=C(OS(=O)[O-])c3ccccc3O2)CC1. The average molecular weight is 380 g/mol. The molecule has 0 aromatic heterocycles. The largest absolute Gasteiger partial charge is 0.740 e. The zero-order chi connectivity index (χ0) is 18.9. The van der Waals surface area contributed by atoms with E-state index in [0.29, 0.717) is 37.2 Å². The molecular formula is C18H22NO6S-. The first-order valence-corrected chi connectivity index (χ1v) is 9.44. The van der Waals surface area contributed by atoms with Gasteiger partial charge in [0.15, 0.2) is 0 Å². The van der Waals surface area contributed by atoms with E-state index >= 15 is 0 Å². The molecule has 2 aliphatic rings. The third-order valence-electron chi connectivity index (χ3n) is 4.28. The summed E-state index contributed by atoms with van der Waals surface area (Å²) >= 11 is -2.68. The van der Waals surface area contributed by atoms with Crippen molar-refractivity contribution in [3.05, 3.63) is 35.9 Å². The van der Waals surface area contributed by atoms with E-state index in [2.05, 4.69) is 0 Å². The van der Waals surface area contributed by atoms with E-state index in [1.165, 1.54) is 0 Å². The van der Waals surface area contributed by atoms with Gasteiger partial charge in [-0.25, -0.2) is 9.00 Å². The lowest BCUT2D eigenvalue weighted by atomic mass is 9.87. The molecule has 0 radical (unpaired) electrons. The van der Waals surface area contributed by atoms with Gasteiger partial charge in [-0.2, -0.15) is 0 Å². The van der Waals surface area contributed by atoms with E-state index in [0.717, 1.165) is 0 Å². The van der Waals surface area contributed by atoms with Gasteiger partial charge in [-0.15, -0.1) is 0 Å². The minimum Gasteiger partial charge on any atom is -0.740 e. The molecular weight excluding hydrogens is 358 g/mol. The zero-order valence-corrected chi connectivity index (χ0v) is 15.8. The van der Waals surface area contributed by atoms with Crippen LogP contribution >= 0.6 is 0 Å². The number of fused-ring (bicyclic) bond motifs is 1. The maximum atomic E-state index is 12.2. The highest BCUT2D eigenvalue weighted by atomic mass is 32.2.